The third-order valence-electron chi connectivity index (χ3n) is 4.27. The molecule has 0 amide bonds. The zero-order chi connectivity index (χ0) is 14.7. The fraction of sp³-hybridized carbons (Fsp3) is 0.333. The number of hydrogen-bond acceptors (Lipinski definition) is 2. The minimum absolute atomic E-state index is 0.103. The van der Waals surface area contributed by atoms with Gasteiger partial charge in [-0.05, 0) is 24.1 Å². The molecule has 1 aliphatic heterocycles. The molecule has 0 saturated carbocycles. The molecule has 108 valence electrons. The van der Waals surface area contributed by atoms with Gasteiger partial charge in [0, 0.05) is 12.0 Å². The first kappa shape index (κ1) is 14.1. The zero-order valence-electron chi connectivity index (χ0n) is 12.9. The third-order valence-corrected chi connectivity index (χ3v) is 4.27. The molecule has 0 N–H and O–H groups in total. The van der Waals surface area contributed by atoms with Crippen LogP contribution in [0.2, 0.25) is 0 Å². The molecular formula is C18H22BNO. The summed E-state index contributed by atoms with van der Waals surface area (Å²) < 4.78 is 5.97. The minimum Gasteiger partial charge on any atom is -0.491 e. The number of unbranched alkanes of at least 4 members (excludes halogenated alkanes) is 1. The molecule has 3 heteroatoms. The summed E-state index contributed by atoms with van der Waals surface area (Å²) in [4.78, 5) is 2.42. The Hall–Kier alpha value is -1.90. The van der Waals surface area contributed by atoms with Gasteiger partial charge in [0.2, 0.25) is 0 Å². The van der Waals surface area contributed by atoms with Crippen LogP contribution in [0.15, 0.2) is 54.6 Å². The summed E-state index contributed by atoms with van der Waals surface area (Å²) >= 11 is 0. The van der Waals surface area contributed by atoms with Gasteiger partial charge in [0.25, 0.3) is 0 Å². The highest BCUT2D eigenvalue weighted by molar-refractivity contribution is 6.21. The molecule has 2 aromatic rings. The average Bonchev–Trinajstić information content (AvgIpc) is 3.22. The monoisotopic (exact) mass is 279 g/mol. The van der Waals surface area contributed by atoms with Crippen LogP contribution >= 0.6 is 0 Å². The lowest BCUT2D eigenvalue weighted by atomic mass is 9.80. The maximum atomic E-state index is 5.97. The Morgan fingerprint density at radius 2 is 1.81 bits per heavy atom. The molecule has 0 aromatic heterocycles. The van der Waals surface area contributed by atoms with Crippen molar-refractivity contribution in [3.8, 4) is 5.75 Å². The summed E-state index contributed by atoms with van der Waals surface area (Å²) in [5.41, 5.74) is 2.68. The van der Waals surface area contributed by atoms with Gasteiger partial charge in [0.15, 0.2) is 0 Å². The van der Waals surface area contributed by atoms with E-state index >= 15 is 0 Å². The molecule has 0 unspecified atom stereocenters. The summed E-state index contributed by atoms with van der Waals surface area (Å²) in [6.45, 7) is 4.03. The van der Waals surface area contributed by atoms with E-state index in [2.05, 4.69) is 68.2 Å². The van der Waals surface area contributed by atoms with Crippen LogP contribution in [0.5, 0.6) is 5.75 Å². The van der Waals surface area contributed by atoms with Crippen molar-refractivity contribution in [3.05, 3.63) is 60.2 Å². The Balaban J connectivity index is 1.80. The lowest BCUT2D eigenvalue weighted by Crippen LogP contribution is -2.16. The van der Waals surface area contributed by atoms with Crippen LogP contribution in [0, 0.1) is 0 Å². The molecule has 1 aliphatic rings. The van der Waals surface area contributed by atoms with Crippen molar-refractivity contribution in [2.24, 2.45) is 0 Å². The highest BCUT2D eigenvalue weighted by Crippen LogP contribution is 2.46. The largest absolute Gasteiger partial charge is 0.491 e. The summed E-state index contributed by atoms with van der Waals surface area (Å²) in [7, 11) is 2.30. The van der Waals surface area contributed by atoms with Gasteiger partial charge in [0.1, 0.15) is 13.6 Å². The van der Waals surface area contributed by atoms with Gasteiger partial charge >= 0.3 is 0 Å². The first-order chi connectivity index (χ1) is 10.3. The number of anilines is 1. The Kier molecular flexibility index (Phi) is 3.91. The highest BCUT2D eigenvalue weighted by Gasteiger charge is 2.49. The lowest BCUT2D eigenvalue weighted by Gasteiger charge is -2.17. The molecular weight excluding hydrogens is 257 g/mol. The predicted octanol–water partition coefficient (Wildman–Crippen LogP) is 3.17. The molecule has 1 atom stereocenters. The standard InChI is InChI=1S/C18H22BNO/c1-2-3-13-21-17-12-8-7-11-16(17)20-14-18(20,19)15-9-5-4-6-10-15/h4-12H,2-3,13-14,19H2,1H3/t18-,20?/m1/s1. The molecule has 0 radical (unpaired) electrons. The summed E-state index contributed by atoms with van der Waals surface area (Å²) in [5.74, 6) is 1.01. The number of ether oxygens (including phenoxy) is 1. The summed E-state index contributed by atoms with van der Waals surface area (Å²) in [6.07, 6.45) is 2.26. The number of nitrogens with zero attached hydrogens (tertiary/aromatic N) is 1. The smallest absolute Gasteiger partial charge is 0.143 e. The first-order valence-corrected chi connectivity index (χ1v) is 7.80. The van der Waals surface area contributed by atoms with Crippen molar-refractivity contribution in [2.75, 3.05) is 18.1 Å². The quantitative estimate of drug-likeness (QED) is 0.457. The number of rotatable bonds is 6. The number of hydrogen-bond donors (Lipinski definition) is 0. The molecule has 21 heavy (non-hydrogen) atoms. The Morgan fingerprint density at radius 3 is 2.57 bits per heavy atom. The van der Waals surface area contributed by atoms with Crippen molar-refractivity contribution in [1.29, 1.82) is 0 Å². The lowest BCUT2D eigenvalue weighted by molar-refractivity contribution is 0.310. The molecule has 2 aromatic carbocycles. The summed E-state index contributed by atoms with van der Waals surface area (Å²) in [6, 6.07) is 19.1. The van der Waals surface area contributed by atoms with Crippen LogP contribution < -0.4 is 9.64 Å². The highest BCUT2D eigenvalue weighted by atomic mass is 16.5. The van der Waals surface area contributed by atoms with Gasteiger partial charge in [-0.2, -0.15) is 0 Å². The predicted molar refractivity (Wildman–Crippen MR) is 90.9 cm³/mol. The second kappa shape index (κ2) is 5.84. The van der Waals surface area contributed by atoms with E-state index in [0.29, 0.717) is 0 Å². The van der Waals surface area contributed by atoms with E-state index in [1.165, 1.54) is 11.3 Å². The maximum Gasteiger partial charge on any atom is 0.143 e. The van der Waals surface area contributed by atoms with Gasteiger partial charge in [-0.25, -0.2) is 0 Å². The molecule has 0 bridgehead atoms. The molecule has 1 saturated heterocycles. The Bertz CT molecular complexity index is 601. The van der Waals surface area contributed by atoms with Crippen LogP contribution in [0.3, 0.4) is 0 Å². The van der Waals surface area contributed by atoms with Crippen LogP contribution in [-0.4, -0.2) is 21.0 Å². The minimum atomic E-state index is 0.103. The molecule has 3 rings (SSSR count). The van der Waals surface area contributed by atoms with Gasteiger partial charge in [-0.1, -0.05) is 55.8 Å². The van der Waals surface area contributed by atoms with E-state index in [9.17, 15) is 0 Å². The maximum absolute atomic E-state index is 5.97. The Morgan fingerprint density at radius 1 is 1.10 bits per heavy atom. The van der Waals surface area contributed by atoms with Crippen LogP contribution in [0.25, 0.3) is 0 Å². The van der Waals surface area contributed by atoms with E-state index in [-0.39, 0.29) is 5.44 Å². The van der Waals surface area contributed by atoms with E-state index < -0.39 is 0 Å². The topological polar surface area (TPSA) is 12.2 Å². The normalized spacial score (nSPS) is 20.3. The fourth-order valence-corrected chi connectivity index (χ4v) is 2.80. The van der Waals surface area contributed by atoms with Gasteiger partial charge in [-0.3, -0.25) is 0 Å². The fourth-order valence-electron chi connectivity index (χ4n) is 2.80. The van der Waals surface area contributed by atoms with Gasteiger partial charge in [-0.15, -0.1) is 0 Å². The van der Waals surface area contributed by atoms with Crippen molar-refractivity contribution in [1.82, 2.24) is 0 Å². The van der Waals surface area contributed by atoms with Crippen LogP contribution in [0.1, 0.15) is 25.3 Å². The number of para-hydroxylation sites is 2. The van der Waals surface area contributed by atoms with E-state index in [1.54, 1.807) is 0 Å². The second-order valence-corrected chi connectivity index (χ2v) is 5.90. The molecule has 1 heterocycles. The average molecular weight is 279 g/mol. The molecule has 2 nitrogen and oxygen atoms in total. The van der Waals surface area contributed by atoms with Gasteiger partial charge < -0.3 is 9.64 Å². The zero-order valence-corrected chi connectivity index (χ0v) is 12.9. The van der Waals surface area contributed by atoms with Crippen LogP contribution in [-0.2, 0) is 5.44 Å². The van der Waals surface area contributed by atoms with E-state index in [4.69, 9.17) is 4.74 Å². The number of benzene rings is 2. The third kappa shape index (κ3) is 2.78. The summed E-state index contributed by atoms with van der Waals surface area (Å²) in [5, 5.41) is 0. The van der Waals surface area contributed by atoms with E-state index in [1.807, 2.05) is 6.07 Å². The second-order valence-electron chi connectivity index (χ2n) is 5.90. The van der Waals surface area contributed by atoms with Crippen molar-refractivity contribution >= 4 is 13.5 Å². The van der Waals surface area contributed by atoms with Crippen LogP contribution in [0.4, 0.5) is 5.69 Å². The molecule has 0 aliphatic carbocycles. The van der Waals surface area contributed by atoms with Crippen molar-refractivity contribution < 1.29 is 4.74 Å². The van der Waals surface area contributed by atoms with E-state index in [0.717, 1.165) is 31.7 Å². The van der Waals surface area contributed by atoms with Crippen molar-refractivity contribution in [2.45, 2.75) is 25.2 Å². The van der Waals surface area contributed by atoms with Crippen molar-refractivity contribution in [3.63, 3.8) is 0 Å². The Labute approximate surface area is 128 Å². The SMILES string of the molecule is B[C@]1(c2ccccc2)CN1c1ccccc1OCCCC. The first-order valence-electron chi connectivity index (χ1n) is 7.80. The molecule has 0 spiro atoms. The molecule has 1 fully saturated rings. The van der Waals surface area contributed by atoms with Gasteiger partial charge in [0.05, 0.1) is 12.3 Å².